The number of hydrogen-bond acceptors (Lipinski definition) is 3. The van der Waals surface area contributed by atoms with E-state index in [9.17, 15) is 0 Å². The van der Waals surface area contributed by atoms with Gasteiger partial charge in [0, 0.05) is 12.4 Å². The summed E-state index contributed by atoms with van der Waals surface area (Å²) in [5, 5.41) is 0. The molecule has 0 aliphatic carbocycles. The van der Waals surface area contributed by atoms with E-state index in [4.69, 9.17) is 4.74 Å². The summed E-state index contributed by atoms with van der Waals surface area (Å²) >= 11 is 3.27. The molecule has 1 heterocycles. The molecule has 0 amide bonds. The molecule has 1 aromatic rings. The highest BCUT2D eigenvalue weighted by atomic mass is 79.9. The van der Waals surface area contributed by atoms with Crippen LogP contribution in [0.3, 0.4) is 0 Å². The van der Waals surface area contributed by atoms with E-state index in [1.165, 1.54) is 0 Å². The van der Waals surface area contributed by atoms with E-state index in [-0.39, 0.29) is 6.10 Å². The summed E-state index contributed by atoms with van der Waals surface area (Å²) in [6, 6.07) is 0.446. The lowest BCUT2D eigenvalue weighted by Gasteiger charge is -2.14. The fraction of sp³-hybridized carbons (Fsp3) is 0.600. The van der Waals surface area contributed by atoms with Gasteiger partial charge in [0.25, 0.3) is 0 Å². The van der Waals surface area contributed by atoms with Crippen LogP contribution in [0.5, 0.6) is 6.01 Å². The number of rotatable bonds is 4. The Morgan fingerprint density at radius 2 is 1.86 bits per heavy atom. The average Bonchev–Trinajstić information content (AvgIpc) is 2.07. The molecular formula is C10H15BrN2O. The minimum atomic E-state index is 0.163. The summed E-state index contributed by atoms with van der Waals surface area (Å²) < 4.78 is 6.40. The fourth-order valence-corrected chi connectivity index (χ4v) is 1.46. The van der Waals surface area contributed by atoms with Gasteiger partial charge in [-0.15, -0.1) is 0 Å². The summed E-state index contributed by atoms with van der Waals surface area (Å²) in [5.74, 6) is 0.625. The number of ether oxygens (including phenoxy) is 1. The lowest BCUT2D eigenvalue weighted by molar-refractivity contribution is 0.177. The van der Waals surface area contributed by atoms with Crippen molar-refractivity contribution in [2.75, 3.05) is 0 Å². The lowest BCUT2D eigenvalue weighted by Crippen LogP contribution is -2.15. The molecule has 0 aliphatic heterocycles. The zero-order chi connectivity index (χ0) is 10.6. The standard InChI is InChI=1S/C10H15BrN2O/c1-7(2)4-8(3)14-10-12-5-9(11)6-13-10/h5-8H,4H2,1-3H3. The first kappa shape index (κ1) is 11.4. The third kappa shape index (κ3) is 4.05. The summed E-state index contributed by atoms with van der Waals surface area (Å²) in [5.41, 5.74) is 0. The van der Waals surface area contributed by atoms with E-state index in [2.05, 4.69) is 39.7 Å². The van der Waals surface area contributed by atoms with E-state index in [0.717, 1.165) is 10.9 Å². The lowest BCUT2D eigenvalue weighted by atomic mass is 10.1. The Bertz CT molecular complexity index is 274. The topological polar surface area (TPSA) is 35.0 Å². The van der Waals surface area contributed by atoms with E-state index in [0.29, 0.717) is 11.9 Å². The molecule has 0 saturated heterocycles. The fourth-order valence-electron chi connectivity index (χ4n) is 1.25. The van der Waals surface area contributed by atoms with Crippen molar-refractivity contribution in [2.24, 2.45) is 5.92 Å². The molecule has 0 aromatic carbocycles. The molecule has 1 aromatic heterocycles. The normalized spacial score (nSPS) is 12.9. The molecule has 78 valence electrons. The van der Waals surface area contributed by atoms with Crippen LogP contribution in [0.1, 0.15) is 27.2 Å². The molecule has 0 saturated carbocycles. The van der Waals surface area contributed by atoms with Gasteiger partial charge in [-0.2, -0.15) is 0 Å². The third-order valence-corrected chi connectivity index (χ3v) is 2.12. The summed E-state index contributed by atoms with van der Waals surface area (Å²) in [4.78, 5) is 8.09. The Morgan fingerprint density at radius 1 is 1.29 bits per heavy atom. The smallest absolute Gasteiger partial charge is 0.316 e. The van der Waals surface area contributed by atoms with Gasteiger partial charge in [0.2, 0.25) is 0 Å². The van der Waals surface area contributed by atoms with Crippen LogP contribution in [-0.4, -0.2) is 16.1 Å². The molecule has 3 nitrogen and oxygen atoms in total. The van der Waals surface area contributed by atoms with Gasteiger partial charge in [0.05, 0.1) is 10.6 Å². The van der Waals surface area contributed by atoms with E-state index in [1.807, 2.05) is 6.92 Å². The molecule has 0 radical (unpaired) electrons. The molecule has 1 atom stereocenters. The molecule has 0 fully saturated rings. The van der Waals surface area contributed by atoms with E-state index >= 15 is 0 Å². The SMILES string of the molecule is CC(C)CC(C)Oc1ncc(Br)cn1. The highest BCUT2D eigenvalue weighted by Crippen LogP contribution is 2.12. The number of nitrogens with zero attached hydrogens (tertiary/aromatic N) is 2. The number of hydrogen-bond donors (Lipinski definition) is 0. The van der Waals surface area contributed by atoms with Crippen LogP contribution >= 0.6 is 15.9 Å². The maximum atomic E-state index is 5.54. The quantitative estimate of drug-likeness (QED) is 0.833. The van der Waals surface area contributed by atoms with Crippen molar-refractivity contribution in [3.05, 3.63) is 16.9 Å². The molecule has 0 bridgehead atoms. The Morgan fingerprint density at radius 3 is 2.36 bits per heavy atom. The third-order valence-electron chi connectivity index (χ3n) is 1.71. The molecule has 0 aliphatic rings. The van der Waals surface area contributed by atoms with Crippen LogP contribution in [0, 0.1) is 5.92 Å². The average molecular weight is 259 g/mol. The number of halogens is 1. The van der Waals surface area contributed by atoms with Gasteiger partial charge in [-0.1, -0.05) is 13.8 Å². The Kier molecular flexibility index (Phi) is 4.32. The minimum Gasteiger partial charge on any atom is -0.460 e. The molecule has 4 heteroatoms. The second kappa shape index (κ2) is 5.29. The summed E-state index contributed by atoms with van der Waals surface area (Å²) in [6.07, 6.45) is 4.55. The van der Waals surface area contributed by atoms with E-state index < -0.39 is 0 Å². The minimum absolute atomic E-state index is 0.163. The maximum absolute atomic E-state index is 5.54. The van der Waals surface area contributed by atoms with Crippen molar-refractivity contribution >= 4 is 15.9 Å². The zero-order valence-electron chi connectivity index (χ0n) is 8.70. The molecule has 14 heavy (non-hydrogen) atoms. The van der Waals surface area contributed by atoms with Crippen molar-refractivity contribution in [1.29, 1.82) is 0 Å². The van der Waals surface area contributed by atoms with Crippen LogP contribution in [-0.2, 0) is 0 Å². The van der Waals surface area contributed by atoms with Gasteiger partial charge < -0.3 is 4.74 Å². The Hall–Kier alpha value is -0.640. The second-order valence-corrected chi connectivity index (χ2v) is 4.66. The van der Waals surface area contributed by atoms with Gasteiger partial charge in [0.1, 0.15) is 0 Å². The van der Waals surface area contributed by atoms with Gasteiger partial charge in [-0.3, -0.25) is 0 Å². The first-order chi connectivity index (χ1) is 6.58. The van der Waals surface area contributed by atoms with Crippen molar-refractivity contribution in [2.45, 2.75) is 33.3 Å². The van der Waals surface area contributed by atoms with Gasteiger partial charge >= 0.3 is 6.01 Å². The first-order valence-corrected chi connectivity index (χ1v) is 5.51. The predicted molar refractivity (Wildman–Crippen MR) is 59.3 cm³/mol. The van der Waals surface area contributed by atoms with Gasteiger partial charge in [-0.25, -0.2) is 9.97 Å². The van der Waals surface area contributed by atoms with Crippen molar-refractivity contribution in [3.8, 4) is 6.01 Å². The van der Waals surface area contributed by atoms with Crippen LogP contribution < -0.4 is 4.74 Å². The highest BCUT2D eigenvalue weighted by molar-refractivity contribution is 9.10. The Balaban J connectivity index is 2.47. The largest absolute Gasteiger partial charge is 0.460 e. The molecule has 1 rings (SSSR count). The summed E-state index contributed by atoms with van der Waals surface area (Å²) in [7, 11) is 0. The molecule has 0 N–H and O–H groups in total. The zero-order valence-corrected chi connectivity index (χ0v) is 10.3. The highest BCUT2D eigenvalue weighted by Gasteiger charge is 2.07. The Labute approximate surface area is 93.0 Å². The van der Waals surface area contributed by atoms with Crippen LogP contribution in [0.4, 0.5) is 0 Å². The van der Waals surface area contributed by atoms with E-state index in [1.54, 1.807) is 12.4 Å². The second-order valence-electron chi connectivity index (χ2n) is 3.74. The van der Waals surface area contributed by atoms with Crippen molar-refractivity contribution < 1.29 is 4.74 Å². The van der Waals surface area contributed by atoms with Crippen molar-refractivity contribution in [3.63, 3.8) is 0 Å². The molecule has 0 spiro atoms. The van der Waals surface area contributed by atoms with Gasteiger partial charge in [0.15, 0.2) is 0 Å². The molecule has 1 unspecified atom stereocenters. The van der Waals surface area contributed by atoms with Gasteiger partial charge in [-0.05, 0) is 35.2 Å². The predicted octanol–water partition coefficient (Wildman–Crippen LogP) is 3.05. The maximum Gasteiger partial charge on any atom is 0.316 e. The monoisotopic (exact) mass is 258 g/mol. The van der Waals surface area contributed by atoms with Crippen LogP contribution in [0.2, 0.25) is 0 Å². The molecular weight excluding hydrogens is 244 g/mol. The van der Waals surface area contributed by atoms with Crippen molar-refractivity contribution in [1.82, 2.24) is 9.97 Å². The summed E-state index contributed by atoms with van der Waals surface area (Å²) in [6.45, 7) is 6.37. The van der Waals surface area contributed by atoms with Crippen LogP contribution in [0.25, 0.3) is 0 Å². The first-order valence-electron chi connectivity index (χ1n) is 4.72. The van der Waals surface area contributed by atoms with Crippen LogP contribution in [0.15, 0.2) is 16.9 Å². The number of aromatic nitrogens is 2.